The summed E-state index contributed by atoms with van der Waals surface area (Å²) in [4.78, 5) is 20.7. The molecule has 0 spiro atoms. The summed E-state index contributed by atoms with van der Waals surface area (Å²) in [6, 6.07) is -0.528. The van der Waals surface area contributed by atoms with Crippen LogP contribution in [0.2, 0.25) is 0 Å². The molecule has 0 heterocycles. The van der Waals surface area contributed by atoms with E-state index in [9.17, 15) is 19.4 Å². The van der Waals surface area contributed by atoms with Gasteiger partial charge in [0.25, 0.3) is 0 Å². The highest BCUT2D eigenvalue weighted by molar-refractivity contribution is 7.39. The Morgan fingerprint density at radius 2 is 1.94 bits per heavy atom. The first kappa shape index (κ1) is 17.6. The first-order valence-corrected chi connectivity index (χ1v) is 7.95. The van der Waals surface area contributed by atoms with Gasteiger partial charge in [-0.15, -0.1) is 0 Å². The molecule has 4 unspecified atom stereocenters. The predicted molar refractivity (Wildman–Crippen MR) is 73.1 cm³/mol. The minimum Gasteiger partial charge on any atom is -0.481 e. The standard InChI is InChI=1S/C12H26NO4P/c1-4-5-6-9(12(14)15)11(18(16)17)10(13)7-8(2)3/h8-11,18H,4-7,13H2,1-3H3,(H,14,15)(H,16,17). The van der Waals surface area contributed by atoms with Gasteiger partial charge >= 0.3 is 5.97 Å². The van der Waals surface area contributed by atoms with Crippen LogP contribution in [-0.2, 0) is 9.36 Å². The smallest absolute Gasteiger partial charge is 0.307 e. The lowest BCUT2D eigenvalue weighted by Gasteiger charge is -2.28. The number of hydrogen-bond donors (Lipinski definition) is 3. The van der Waals surface area contributed by atoms with Crippen molar-refractivity contribution in [3.05, 3.63) is 0 Å². The topological polar surface area (TPSA) is 101 Å². The molecule has 0 rings (SSSR count). The van der Waals surface area contributed by atoms with Crippen LogP contribution in [0.5, 0.6) is 0 Å². The molecule has 0 aliphatic heterocycles. The van der Waals surface area contributed by atoms with Crippen LogP contribution in [0.25, 0.3) is 0 Å². The van der Waals surface area contributed by atoms with Gasteiger partial charge in [-0.1, -0.05) is 33.6 Å². The summed E-state index contributed by atoms with van der Waals surface area (Å²) in [7, 11) is -2.95. The monoisotopic (exact) mass is 279 g/mol. The highest BCUT2D eigenvalue weighted by Crippen LogP contribution is 2.35. The van der Waals surface area contributed by atoms with Gasteiger partial charge in [-0.25, -0.2) is 0 Å². The zero-order valence-electron chi connectivity index (χ0n) is 11.4. The highest BCUT2D eigenvalue weighted by atomic mass is 31.1. The van der Waals surface area contributed by atoms with Crippen molar-refractivity contribution in [3.63, 3.8) is 0 Å². The summed E-state index contributed by atoms with van der Waals surface area (Å²) in [5.74, 6) is -1.54. The largest absolute Gasteiger partial charge is 0.481 e. The molecule has 0 aliphatic rings. The number of carboxylic acid groups (broad SMARTS) is 1. The third kappa shape index (κ3) is 5.98. The van der Waals surface area contributed by atoms with Gasteiger partial charge in [0.05, 0.1) is 11.6 Å². The Bertz CT molecular complexity index is 283. The maximum atomic E-state index is 11.5. The Balaban J connectivity index is 4.90. The lowest BCUT2D eigenvalue weighted by atomic mass is 9.90. The molecule has 18 heavy (non-hydrogen) atoms. The summed E-state index contributed by atoms with van der Waals surface area (Å²) in [6.45, 7) is 5.89. The minimum absolute atomic E-state index is 0.282. The Kier molecular flexibility index (Phi) is 8.49. The number of nitrogens with two attached hydrogens (primary N) is 1. The summed E-state index contributed by atoms with van der Waals surface area (Å²) in [5, 5.41) is 9.21. The SMILES string of the molecule is CCCCC(C(=O)O)C(C(N)CC(C)C)[PH](=O)O. The molecular weight excluding hydrogens is 253 g/mol. The lowest BCUT2D eigenvalue weighted by molar-refractivity contribution is -0.142. The molecular formula is C12H26NO4P. The van der Waals surface area contributed by atoms with Crippen molar-refractivity contribution in [2.45, 2.75) is 58.2 Å². The Morgan fingerprint density at radius 3 is 2.28 bits per heavy atom. The van der Waals surface area contributed by atoms with Crippen LogP contribution < -0.4 is 5.73 Å². The van der Waals surface area contributed by atoms with Gasteiger partial charge in [-0.05, 0) is 18.8 Å². The van der Waals surface area contributed by atoms with E-state index in [1.807, 2.05) is 20.8 Å². The van der Waals surface area contributed by atoms with Gasteiger partial charge in [-0.2, -0.15) is 0 Å². The van der Waals surface area contributed by atoms with Gasteiger partial charge < -0.3 is 15.7 Å². The van der Waals surface area contributed by atoms with Gasteiger partial charge in [0.1, 0.15) is 0 Å². The molecule has 6 heteroatoms. The summed E-state index contributed by atoms with van der Waals surface area (Å²) in [5.41, 5.74) is 5.11. The van der Waals surface area contributed by atoms with E-state index in [-0.39, 0.29) is 5.92 Å². The number of unbranched alkanes of at least 4 members (excludes halogenated alkanes) is 1. The van der Waals surface area contributed by atoms with E-state index >= 15 is 0 Å². The van der Waals surface area contributed by atoms with Crippen molar-refractivity contribution in [3.8, 4) is 0 Å². The van der Waals surface area contributed by atoms with Crippen molar-refractivity contribution < 1.29 is 19.4 Å². The second kappa shape index (κ2) is 8.68. The normalized spacial score (nSPS) is 18.3. The Labute approximate surface area is 110 Å². The molecule has 0 aliphatic carbocycles. The van der Waals surface area contributed by atoms with E-state index < -0.39 is 31.6 Å². The van der Waals surface area contributed by atoms with Crippen LogP contribution in [0, 0.1) is 11.8 Å². The number of hydrogen-bond acceptors (Lipinski definition) is 3. The summed E-state index contributed by atoms with van der Waals surface area (Å²) >= 11 is 0. The summed E-state index contributed by atoms with van der Waals surface area (Å²) in [6.07, 6.45) is 2.58. The lowest BCUT2D eigenvalue weighted by Crippen LogP contribution is -2.41. The predicted octanol–water partition coefficient (Wildman–Crippen LogP) is 2.09. The quantitative estimate of drug-likeness (QED) is 0.561. The van der Waals surface area contributed by atoms with E-state index in [1.54, 1.807) is 0 Å². The molecule has 0 aromatic rings. The van der Waals surface area contributed by atoms with Crippen molar-refractivity contribution in [2.75, 3.05) is 0 Å². The van der Waals surface area contributed by atoms with Gasteiger partial charge in [0.2, 0.25) is 0 Å². The number of rotatable bonds is 9. The van der Waals surface area contributed by atoms with E-state index in [1.165, 1.54) is 0 Å². The molecule has 0 aromatic heterocycles. The van der Waals surface area contributed by atoms with Crippen LogP contribution in [0.3, 0.4) is 0 Å². The molecule has 108 valence electrons. The zero-order valence-corrected chi connectivity index (χ0v) is 12.4. The van der Waals surface area contributed by atoms with Crippen molar-refractivity contribution in [1.29, 1.82) is 0 Å². The van der Waals surface area contributed by atoms with Crippen LogP contribution in [0.15, 0.2) is 0 Å². The fourth-order valence-corrected chi connectivity index (χ4v) is 3.38. The second-order valence-corrected chi connectivity index (χ2v) is 6.59. The van der Waals surface area contributed by atoms with Gasteiger partial charge in [0.15, 0.2) is 8.03 Å². The van der Waals surface area contributed by atoms with E-state index in [0.29, 0.717) is 12.8 Å². The molecule has 4 N–H and O–H groups in total. The average molecular weight is 279 g/mol. The number of carboxylic acids is 1. The third-order valence-electron chi connectivity index (χ3n) is 3.11. The average Bonchev–Trinajstić information content (AvgIpc) is 2.21. The molecule has 0 amide bonds. The first-order chi connectivity index (χ1) is 8.31. The van der Waals surface area contributed by atoms with E-state index in [0.717, 1.165) is 12.8 Å². The molecule has 0 radical (unpaired) electrons. The van der Waals surface area contributed by atoms with Gasteiger partial charge in [-0.3, -0.25) is 9.36 Å². The molecule has 0 saturated heterocycles. The maximum absolute atomic E-state index is 11.5. The van der Waals surface area contributed by atoms with Crippen molar-refractivity contribution in [2.24, 2.45) is 17.6 Å². The van der Waals surface area contributed by atoms with E-state index in [4.69, 9.17) is 5.73 Å². The first-order valence-electron chi connectivity index (χ1n) is 6.52. The van der Waals surface area contributed by atoms with E-state index in [2.05, 4.69) is 0 Å². The van der Waals surface area contributed by atoms with Crippen LogP contribution in [0.1, 0.15) is 46.5 Å². The number of carbonyl (C=O) groups is 1. The molecule has 0 aromatic carbocycles. The Hall–Kier alpha value is -0.380. The molecule has 0 saturated carbocycles. The number of aliphatic carboxylic acids is 1. The molecule has 4 atom stereocenters. The maximum Gasteiger partial charge on any atom is 0.307 e. The van der Waals surface area contributed by atoms with Gasteiger partial charge in [0, 0.05) is 6.04 Å². The third-order valence-corrected chi connectivity index (χ3v) is 4.51. The molecule has 0 bridgehead atoms. The van der Waals surface area contributed by atoms with Crippen LogP contribution >= 0.6 is 8.03 Å². The Morgan fingerprint density at radius 1 is 1.39 bits per heavy atom. The zero-order chi connectivity index (χ0) is 14.3. The van der Waals surface area contributed by atoms with Crippen molar-refractivity contribution in [1.82, 2.24) is 0 Å². The van der Waals surface area contributed by atoms with Crippen LogP contribution in [-0.4, -0.2) is 27.7 Å². The fraction of sp³-hybridized carbons (Fsp3) is 0.917. The second-order valence-electron chi connectivity index (χ2n) is 5.24. The fourth-order valence-electron chi connectivity index (χ4n) is 2.23. The molecule has 5 nitrogen and oxygen atoms in total. The summed E-state index contributed by atoms with van der Waals surface area (Å²) < 4.78 is 11.5. The highest BCUT2D eigenvalue weighted by Gasteiger charge is 2.36. The van der Waals surface area contributed by atoms with Crippen molar-refractivity contribution >= 4 is 14.0 Å². The molecule has 0 fully saturated rings. The minimum atomic E-state index is -2.95. The van der Waals surface area contributed by atoms with Crippen LogP contribution in [0.4, 0.5) is 0 Å².